The lowest BCUT2D eigenvalue weighted by atomic mass is 9.89. The molecule has 3 nitrogen and oxygen atoms in total. The Morgan fingerprint density at radius 1 is 1.50 bits per heavy atom. The number of thiophene rings is 1. The zero-order chi connectivity index (χ0) is 12.8. The highest BCUT2D eigenvalue weighted by molar-refractivity contribution is 7.14. The predicted octanol–water partition coefficient (Wildman–Crippen LogP) is 2.22. The smallest absolute Gasteiger partial charge is 0.264 e. The van der Waals surface area contributed by atoms with Crippen molar-refractivity contribution in [2.45, 2.75) is 44.6 Å². The number of fused-ring (bicyclic) bond motifs is 1. The molecular weight excluding hydrogens is 246 g/mol. The van der Waals surface area contributed by atoms with E-state index in [9.17, 15) is 9.90 Å². The van der Waals surface area contributed by atoms with Crippen molar-refractivity contribution in [2.75, 3.05) is 13.1 Å². The number of carbonyl (C=O) groups excluding carboxylic acids is 1. The van der Waals surface area contributed by atoms with Crippen LogP contribution in [0.4, 0.5) is 0 Å². The fourth-order valence-corrected chi connectivity index (χ4v) is 4.24. The number of hydrogen-bond donors (Lipinski definition) is 1. The molecule has 0 spiro atoms. The van der Waals surface area contributed by atoms with Gasteiger partial charge in [-0.15, -0.1) is 11.3 Å². The molecule has 18 heavy (non-hydrogen) atoms. The molecule has 2 heterocycles. The highest BCUT2D eigenvalue weighted by atomic mass is 32.1. The predicted molar refractivity (Wildman–Crippen MR) is 72.1 cm³/mol. The molecule has 0 radical (unpaired) electrons. The number of carbonyl (C=O) groups is 1. The summed E-state index contributed by atoms with van der Waals surface area (Å²) in [5.74, 6) is 0.107. The molecule has 1 saturated heterocycles. The van der Waals surface area contributed by atoms with Crippen molar-refractivity contribution < 1.29 is 9.90 Å². The van der Waals surface area contributed by atoms with Crippen molar-refractivity contribution in [1.82, 2.24) is 4.90 Å². The van der Waals surface area contributed by atoms with Crippen LogP contribution in [0.3, 0.4) is 0 Å². The second kappa shape index (κ2) is 4.35. The Bertz CT molecular complexity index is 453. The van der Waals surface area contributed by atoms with Gasteiger partial charge in [0.25, 0.3) is 5.91 Å². The number of hydrogen-bond acceptors (Lipinski definition) is 3. The molecule has 0 bridgehead atoms. The Labute approximate surface area is 111 Å². The van der Waals surface area contributed by atoms with E-state index >= 15 is 0 Å². The minimum absolute atomic E-state index is 0.107. The van der Waals surface area contributed by atoms with Gasteiger partial charge in [0.15, 0.2) is 0 Å². The van der Waals surface area contributed by atoms with Crippen molar-refractivity contribution in [3.05, 3.63) is 21.4 Å². The van der Waals surface area contributed by atoms with Gasteiger partial charge in [-0.3, -0.25) is 4.79 Å². The van der Waals surface area contributed by atoms with E-state index in [4.69, 9.17) is 0 Å². The number of β-amino-alcohol motifs (C(OH)–C–C–N with tert-alkyl or cyclic N) is 1. The van der Waals surface area contributed by atoms with Gasteiger partial charge in [0.05, 0.1) is 23.6 Å². The second-order valence-electron chi connectivity index (χ2n) is 5.55. The molecule has 1 N–H and O–H groups in total. The normalized spacial score (nSPS) is 20.7. The molecule has 1 aliphatic heterocycles. The molecule has 0 atom stereocenters. The molecule has 1 aliphatic carbocycles. The van der Waals surface area contributed by atoms with Crippen LogP contribution >= 0.6 is 11.3 Å². The molecule has 1 aromatic rings. The van der Waals surface area contributed by atoms with Crippen LogP contribution in [0.25, 0.3) is 0 Å². The molecular formula is C14H19NO2S. The van der Waals surface area contributed by atoms with Gasteiger partial charge in [-0.2, -0.15) is 0 Å². The molecule has 2 aliphatic rings. The van der Waals surface area contributed by atoms with Gasteiger partial charge in [0, 0.05) is 4.88 Å². The summed E-state index contributed by atoms with van der Waals surface area (Å²) in [6, 6.07) is 2.06. The molecule has 3 rings (SSSR count). The Morgan fingerprint density at radius 2 is 2.28 bits per heavy atom. The fourth-order valence-electron chi connectivity index (χ4n) is 3.02. The number of aliphatic hydroxyl groups is 1. The first-order chi connectivity index (χ1) is 8.61. The first kappa shape index (κ1) is 12.2. The van der Waals surface area contributed by atoms with Crippen molar-refractivity contribution in [2.24, 2.45) is 0 Å². The summed E-state index contributed by atoms with van der Waals surface area (Å²) in [4.78, 5) is 16.3. The number of aryl methyl sites for hydroxylation is 2. The lowest BCUT2D eigenvalue weighted by molar-refractivity contribution is -0.0858. The van der Waals surface area contributed by atoms with Crippen molar-refractivity contribution in [3.63, 3.8) is 0 Å². The van der Waals surface area contributed by atoms with Crippen molar-refractivity contribution in [1.29, 1.82) is 0 Å². The summed E-state index contributed by atoms with van der Waals surface area (Å²) in [6.45, 7) is 3.07. The highest BCUT2D eigenvalue weighted by Crippen LogP contribution is 2.33. The highest BCUT2D eigenvalue weighted by Gasteiger charge is 2.43. The third-order valence-corrected chi connectivity index (χ3v) is 5.16. The van der Waals surface area contributed by atoms with Gasteiger partial charge in [0.1, 0.15) is 0 Å². The van der Waals surface area contributed by atoms with Crippen molar-refractivity contribution >= 4 is 17.2 Å². The van der Waals surface area contributed by atoms with E-state index in [0.29, 0.717) is 13.1 Å². The fraction of sp³-hybridized carbons (Fsp3) is 0.643. The third-order valence-electron chi connectivity index (χ3n) is 3.93. The Hall–Kier alpha value is -0.870. The maximum absolute atomic E-state index is 12.2. The van der Waals surface area contributed by atoms with E-state index in [-0.39, 0.29) is 5.91 Å². The maximum Gasteiger partial charge on any atom is 0.264 e. The Balaban J connectivity index is 1.66. The summed E-state index contributed by atoms with van der Waals surface area (Å²) in [5.41, 5.74) is 0.748. The van der Waals surface area contributed by atoms with Crippen LogP contribution in [0.15, 0.2) is 6.07 Å². The summed E-state index contributed by atoms with van der Waals surface area (Å²) in [6.07, 6.45) is 5.24. The van der Waals surface area contributed by atoms with E-state index in [1.807, 2.05) is 0 Å². The monoisotopic (exact) mass is 265 g/mol. The van der Waals surface area contributed by atoms with Crippen LogP contribution < -0.4 is 0 Å². The summed E-state index contributed by atoms with van der Waals surface area (Å²) >= 11 is 1.65. The molecule has 0 aromatic carbocycles. The summed E-state index contributed by atoms with van der Waals surface area (Å²) in [7, 11) is 0. The topological polar surface area (TPSA) is 40.5 Å². The average molecular weight is 265 g/mol. The van der Waals surface area contributed by atoms with Crippen LogP contribution in [0, 0.1) is 0 Å². The molecule has 1 fully saturated rings. The number of likely N-dealkylation sites (tertiary alicyclic amines) is 1. The third kappa shape index (κ3) is 1.97. The average Bonchev–Trinajstić information content (AvgIpc) is 2.84. The van der Waals surface area contributed by atoms with Gasteiger partial charge >= 0.3 is 0 Å². The van der Waals surface area contributed by atoms with Gasteiger partial charge in [-0.25, -0.2) is 0 Å². The quantitative estimate of drug-likeness (QED) is 0.910. The van der Waals surface area contributed by atoms with Gasteiger partial charge in [-0.1, -0.05) is 13.3 Å². The molecule has 1 aromatic heterocycles. The second-order valence-corrected chi connectivity index (χ2v) is 6.68. The van der Waals surface area contributed by atoms with Crippen molar-refractivity contribution in [3.8, 4) is 0 Å². The number of nitrogens with zero attached hydrogens (tertiary/aromatic N) is 1. The summed E-state index contributed by atoms with van der Waals surface area (Å²) < 4.78 is 0. The van der Waals surface area contributed by atoms with Gasteiger partial charge in [-0.05, 0) is 37.3 Å². The van der Waals surface area contributed by atoms with Crippen LogP contribution in [0.2, 0.25) is 0 Å². The van der Waals surface area contributed by atoms with E-state index in [2.05, 4.69) is 13.0 Å². The molecule has 0 saturated carbocycles. The first-order valence-electron chi connectivity index (χ1n) is 6.74. The number of rotatable bonds is 3. The van der Waals surface area contributed by atoms with Crippen LogP contribution in [0.1, 0.15) is 46.3 Å². The molecule has 1 amide bonds. The van der Waals surface area contributed by atoms with Gasteiger partial charge < -0.3 is 10.0 Å². The first-order valence-corrected chi connectivity index (χ1v) is 7.56. The van der Waals surface area contributed by atoms with E-state index in [0.717, 1.165) is 30.6 Å². The summed E-state index contributed by atoms with van der Waals surface area (Å²) in [5, 5.41) is 10.1. The minimum atomic E-state index is -0.621. The lowest BCUT2D eigenvalue weighted by Gasteiger charge is -2.46. The largest absolute Gasteiger partial charge is 0.386 e. The van der Waals surface area contributed by atoms with E-state index in [1.54, 1.807) is 16.2 Å². The Kier molecular flexibility index (Phi) is 2.94. The van der Waals surface area contributed by atoms with E-state index < -0.39 is 5.60 Å². The standard InChI is InChI=1S/C14H19NO2S/c1-2-6-14(17)8-15(9-14)13(16)12-7-10-4-3-5-11(10)18-12/h7,17H,2-6,8-9H2,1H3. The Morgan fingerprint density at radius 3 is 2.94 bits per heavy atom. The molecule has 4 heteroatoms. The van der Waals surface area contributed by atoms with Crippen LogP contribution in [0.5, 0.6) is 0 Å². The zero-order valence-electron chi connectivity index (χ0n) is 10.7. The maximum atomic E-state index is 12.2. The van der Waals surface area contributed by atoms with Gasteiger partial charge in [0.2, 0.25) is 0 Å². The zero-order valence-corrected chi connectivity index (χ0v) is 11.6. The lowest BCUT2D eigenvalue weighted by Crippen LogP contribution is -2.63. The van der Waals surface area contributed by atoms with Crippen LogP contribution in [-0.4, -0.2) is 34.6 Å². The number of amides is 1. The SMILES string of the molecule is CCCC1(O)CN(C(=O)c2cc3c(s2)CCC3)C1. The van der Waals surface area contributed by atoms with E-state index in [1.165, 1.54) is 16.9 Å². The molecule has 98 valence electrons. The molecule has 0 unspecified atom stereocenters. The minimum Gasteiger partial charge on any atom is -0.386 e. The van der Waals surface area contributed by atoms with Crippen LogP contribution in [-0.2, 0) is 12.8 Å².